The molecule has 112 valence electrons. The number of hydrogen-bond donors (Lipinski definition) is 2. The molecule has 1 aromatic rings. The lowest BCUT2D eigenvalue weighted by Gasteiger charge is -2.28. The molecule has 3 N–H and O–H groups in total. The second-order valence-electron chi connectivity index (χ2n) is 5.17. The highest BCUT2D eigenvalue weighted by molar-refractivity contribution is 5.37. The lowest BCUT2D eigenvalue weighted by atomic mass is 9.95. The van der Waals surface area contributed by atoms with E-state index >= 15 is 0 Å². The summed E-state index contributed by atoms with van der Waals surface area (Å²) in [5.41, 5.74) is 2.57. The van der Waals surface area contributed by atoms with Crippen molar-refractivity contribution in [2.75, 3.05) is 12.5 Å². The Morgan fingerprint density at radius 1 is 1.35 bits per heavy atom. The maximum Gasteiger partial charge on any atom is 0.219 e. The minimum absolute atomic E-state index is 0.156. The smallest absolute Gasteiger partial charge is 0.219 e. The first-order chi connectivity index (χ1) is 9.75. The van der Waals surface area contributed by atoms with Crippen molar-refractivity contribution in [2.45, 2.75) is 57.7 Å². The molecule has 0 spiro atoms. The van der Waals surface area contributed by atoms with Crippen molar-refractivity contribution in [3.63, 3.8) is 0 Å². The third kappa shape index (κ3) is 4.05. The summed E-state index contributed by atoms with van der Waals surface area (Å²) in [5.74, 6) is 7.40. The van der Waals surface area contributed by atoms with E-state index in [0.717, 1.165) is 44.3 Å². The number of hydrazine groups is 1. The highest BCUT2D eigenvalue weighted by Crippen LogP contribution is 2.25. The molecule has 0 aromatic carbocycles. The van der Waals surface area contributed by atoms with Crippen LogP contribution >= 0.6 is 0 Å². The standard InChI is InChI=1S/C14H24N4O2/c1-3-5-12-16-13(18-15)9-14(17-12)20-11-7-4-6-10(8-11)19-2/h9-11H,3-8,15H2,1-2H3,(H,16,17,18). The van der Waals surface area contributed by atoms with Crippen LogP contribution in [-0.4, -0.2) is 29.3 Å². The molecule has 1 fully saturated rings. The fourth-order valence-corrected chi connectivity index (χ4v) is 2.54. The minimum Gasteiger partial charge on any atom is -0.474 e. The Kier molecular flexibility index (Phi) is 5.55. The third-order valence-corrected chi connectivity index (χ3v) is 3.57. The van der Waals surface area contributed by atoms with E-state index in [-0.39, 0.29) is 12.2 Å². The van der Waals surface area contributed by atoms with Gasteiger partial charge in [-0.25, -0.2) is 10.8 Å². The zero-order valence-corrected chi connectivity index (χ0v) is 12.3. The molecule has 2 atom stereocenters. The highest BCUT2D eigenvalue weighted by Gasteiger charge is 2.23. The van der Waals surface area contributed by atoms with Crippen LogP contribution in [0.25, 0.3) is 0 Å². The summed E-state index contributed by atoms with van der Waals surface area (Å²) in [6.07, 6.45) is 6.43. The van der Waals surface area contributed by atoms with Gasteiger partial charge in [-0.1, -0.05) is 6.92 Å². The Hall–Kier alpha value is -1.40. The monoisotopic (exact) mass is 280 g/mol. The maximum atomic E-state index is 5.99. The number of aromatic nitrogens is 2. The predicted octanol–water partition coefficient (Wildman–Crippen LogP) is 2.05. The number of aryl methyl sites for hydroxylation is 1. The zero-order valence-electron chi connectivity index (χ0n) is 12.3. The van der Waals surface area contributed by atoms with Gasteiger partial charge in [-0.15, -0.1) is 0 Å². The maximum absolute atomic E-state index is 5.99. The van der Waals surface area contributed by atoms with Crippen molar-refractivity contribution in [1.82, 2.24) is 9.97 Å². The van der Waals surface area contributed by atoms with Crippen LogP contribution in [0.1, 0.15) is 44.9 Å². The van der Waals surface area contributed by atoms with Crippen LogP contribution in [0.5, 0.6) is 5.88 Å². The predicted molar refractivity (Wildman–Crippen MR) is 77.5 cm³/mol. The molecule has 0 bridgehead atoms. The molecular weight excluding hydrogens is 256 g/mol. The summed E-state index contributed by atoms with van der Waals surface area (Å²) in [6, 6.07) is 1.75. The van der Waals surface area contributed by atoms with Gasteiger partial charge >= 0.3 is 0 Å². The van der Waals surface area contributed by atoms with Gasteiger partial charge < -0.3 is 14.9 Å². The van der Waals surface area contributed by atoms with E-state index in [1.165, 1.54) is 0 Å². The fraction of sp³-hybridized carbons (Fsp3) is 0.714. The number of nitrogen functional groups attached to an aromatic ring is 1. The first-order valence-electron chi connectivity index (χ1n) is 7.29. The number of ether oxygens (including phenoxy) is 2. The molecule has 0 saturated heterocycles. The second-order valence-corrected chi connectivity index (χ2v) is 5.17. The topological polar surface area (TPSA) is 82.3 Å². The molecule has 1 aromatic heterocycles. The molecule has 0 radical (unpaired) electrons. The lowest BCUT2D eigenvalue weighted by Crippen LogP contribution is -2.29. The largest absolute Gasteiger partial charge is 0.474 e. The van der Waals surface area contributed by atoms with Crippen molar-refractivity contribution in [1.29, 1.82) is 0 Å². The summed E-state index contributed by atoms with van der Waals surface area (Å²) in [6.45, 7) is 2.09. The summed E-state index contributed by atoms with van der Waals surface area (Å²) < 4.78 is 11.4. The Bertz CT molecular complexity index is 428. The number of nitrogens with one attached hydrogen (secondary N) is 1. The van der Waals surface area contributed by atoms with E-state index in [2.05, 4.69) is 22.3 Å². The first kappa shape index (κ1) is 15.0. The molecule has 2 unspecified atom stereocenters. The summed E-state index contributed by atoms with van der Waals surface area (Å²) >= 11 is 0. The van der Waals surface area contributed by atoms with Gasteiger partial charge in [0.1, 0.15) is 17.7 Å². The van der Waals surface area contributed by atoms with Gasteiger partial charge in [-0.3, -0.25) is 0 Å². The Labute approximate surface area is 120 Å². The number of hydrogen-bond acceptors (Lipinski definition) is 6. The zero-order chi connectivity index (χ0) is 14.4. The molecule has 0 amide bonds. The number of anilines is 1. The van der Waals surface area contributed by atoms with Gasteiger partial charge in [0, 0.05) is 26.0 Å². The minimum atomic E-state index is 0.156. The van der Waals surface area contributed by atoms with Crippen LogP contribution < -0.4 is 16.0 Å². The number of methoxy groups -OCH3 is 1. The summed E-state index contributed by atoms with van der Waals surface area (Å²) in [5, 5.41) is 0. The SMILES string of the molecule is CCCc1nc(NN)cc(OC2CCCC(OC)C2)n1. The summed E-state index contributed by atoms with van der Waals surface area (Å²) in [7, 11) is 1.76. The molecule has 1 saturated carbocycles. The molecule has 1 aliphatic carbocycles. The van der Waals surface area contributed by atoms with Crippen molar-refractivity contribution in [3.05, 3.63) is 11.9 Å². The molecule has 20 heavy (non-hydrogen) atoms. The molecule has 1 aliphatic rings. The van der Waals surface area contributed by atoms with Crippen LogP contribution in [-0.2, 0) is 11.2 Å². The van der Waals surface area contributed by atoms with Crippen molar-refractivity contribution in [2.24, 2.45) is 5.84 Å². The van der Waals surface area contributed by atoms with Crippen LogP contribution in [0.15, 0.2) is 6.07 Å². The van der Waals surface area contributed by atoms with Crippen LogP contribution in [0, 0.1) is 0 Å². The Morgan fingerprint density at radius 2 is 2.15 bits per heavy atom. The molecule has 1 heterocycles. The number of rotatable bonds is 6. The van der Waals surface area contributed by atoms with Gasteiger partial charge in [0.25, 0.3) is 0 Å². The third-order valence-electron chi connectivity index (χ3n) is 3.57. The van der Waals surface area contributed by atoms with Gasteiger partial charge in [0.15, 0.2) is 0 Å². The van der Waals surface area contributed by atoms with Gasteiger partial charge in [0.05, 0.1) is 6.10 Å². The number of nitrogens with two attached hydrogens (primary N) is 1. The quantitative estimate of drug-likeness (QED) is 0.613. The molecule has 6 heteroatoms. The van der Waals surface area contributed by atoms with Crippen molar-refractivity contribution < 1.29 is 9.47 Å². The van der Waals surface area contributed by atoms with E-state index < -0.39 is 0 Å². The first-order valence-corrected chi connectivity index (χ1v) is 7.29. The van der Waals surface area contributed by atoms with Crippen LogP contribution in [0.2, 0.25) is 0 Å². The lowest BCUT2D eigenvalue weighted by molar-refractivity contribution is 0.0194. The Balaban J connectivity index is 2.05. The van der Waals surface area contributed by atoms with E-state index in [9.17, 15) is 0 Å². The highest BCUT2D eigenvalue weighted by atomic mass is 16.5. The van der Waals surface area contributed by atoms with Crippen molar-refractivity contribution >= 4 is 5.82 Å². The van der Waals surface area contributed by atoms with Gasteiger partial charge in [-0.05, 0) is 25.7 Å². The van der Waals surface area contributed by atoms with E-state index in [0.29, 0.717) is 11.7 Å². The molecule has 2 rings (SSSR count). The van der Waals surface area contributed by atoms with Crippen LogP contribution in [0.4, 0.5) is 5.82 Å². The van der Waals surface area contributed by atoms with Crippen LogP contribution in [0.3, 0.4) is 0 Å². The molecule has 6 nitrogen and oxygen atoms in total. The Morgan fingerprint density at radius 3 is 2.85 bits per heavy atom. The number of nitrogens with zero attached hydrogens (tertiary/aromatic N) is 2. The fourth-order valence-electron chi connectivity index (χ4n) is 2.54. The molecule has 0 aliphatic heterocycles. The molecular formula is C14H24N4O2. The van der Waals surface area contributed by atoms with Gasteiger partial charge in [0.2, 0.25) is 5.88 Å². The second kappa shape index (κ2) is 7.40. The van der Waals surface area contributed by atoms with E-state index in [1.807, 2.05) is 0 Å². The average Bonchev–Trinajstić information content (AvgIpc) is 2.47. The summed E-state index contributed by atoms with van der Waals surface area (Å²) in [4.78, 5) is 8.76. The van der Waals surface area contributed by atoms with E-state index in [4.69, 9.17) is 15.3 Å². The normalized spacial score (nSPS) is 22.6. The van der Waals surface area contributed by atoms with E-state index in [1.54, 1.807) is 13.2 Å². The van der Waals surface area contributed by atoms with Gasteiger partial charge in [-0.2, -0.15) is 4.98 Å². The average molecular weight is 280 g/mol. The van der Waals surface area contributed by atoms with Crippen molar-refractivity contribution in [3.8, 4) is 5.88 Å².